The van der Waals surface area contributed by atoms with Crippen molar-refractivity contribution in [1.29, 1.82) is 0 Å². The summed E-state index contributed by atoms with van der Waals surface area (Å²) in [6, 6.07) is 4.76. The molecule has 6 nitrogen and oxygen atoms in total. The first-order valence-electron chi connectivity index (χ1n) is 4.75. The van der Waals surface area contributed by atoms with E-state index >= 15 is 0 Å². The third kappa shape index (κ3) is 3.30. The van der Waals surface area contributed by atoms with Crippen LogP contribution in [0.25, 0.3) is 0 Å². The highest BCUT2D eigenvalue weighted by Gasteiger charge is 2.15. The molecular formula is C11H11NO5. The smallest absolute Gasteiger partial charge is 0.339 e. The lowest BCUT2D eigenvalue weighted by atomic mass is 10.0. The van der Waals surface area contributed by atoms with Crippen molar-refractivity contribution in [3.63, 3.8) is 0 Å². The highest BCUT2D eigenvalue weighted by molar-refractivity contribution is 5.92. The zero-order valence-electron chi connectivity index (χ0n) is 9.12. The number of methoxy groups -OCH3 is 1. The second kappa shape index (κ2) is 5.64. The van der Waals surface area contributed by atoms with Crippen molar-refractivity contribution in [3.05, 3.63) is 51.7 Å². The predicted molar refractivity (Wildman–Crippen MR) is 59.8 cm³/mol. The van der Waals surface area contributed by atoms with Crippen molar-refractivity contribution >= 4 is 5.97 Å². The first-order chi connectivity index (χ1) is 8.06. The van der Waals surface area contributed by atoms with Crippen LogP contribution in [0.2, 0.25) is 0 Å². The molecule has 1 rings (SSSR count). The minimum absolute atomic E-state index is 0.0306. The number of nitrogens with zero attached hydrogens (tertiary/aromatic N) is 1. The molecular weight excluding hydrogens is 226 g/mol. The van der Waals surface area contributed by atoms with E-state index in [9.17, 15) is 14.9 Å². The maximum absolute atomic E-state index is 11.1. The average molecular weight is 237 g/mol. The van der Waals surface area contributed by atoms with E-state index in [0.29, 0.717) is 5.56 Å². The van der Waals surface area contributed by atoms with Gasteiger partial charge >= 0.3 is 5.97 Å². The Balaban J connectivity index is 3.06. The summed E-state index contributed by atoms with van der Waals surface area (Å²) in [5.74, 6) is -0.878. The number of aromatic carboxylic acids is 1. The molecule has 0 aromatic heterocycles. The number of benzene rings is 1. The fraction of sp³-hybridized carbons (Fsp3) is 0.182. The van der Waals surface area contributed by atoms with Gasteiger partial charge in [0, 0.05) is 0 Å². The third-order valence-electron chi connectivity index (χ3n) is 2.11. The van der Waals surface area contributed by atoms with Gasteiger partial charge < -0.3 is 9.84 Å². The van der Waals surface area contributed by atoms with E-state index in [1.54, 1.807) is 12.1 Å². The molecule has 0 unspecified atom stereocenters. The molecule has 0 spiro atoms. The van der Waals surface area contributed by atoms with E-state index < -0.39 is 10.9 Å². The molecule has 0 saturated carbocycles. The van der Waals surface area contributed by atoms with Crippen molar-refractivity contribution in [1.82, 2.24) is 0 Å². The molecule has 6 heteroatoms. The summed E-state index contributed by atoms with van der Waals surface area (Å²) in [5.41, 5.74) is 0.498. The van der Waals surface area contributed by atoms with Crippen molar-refractivity contribution in [3.8, 4) is 5.75 Å². The van der Waals surface area contributed by atoms with E-state index in [1.165, 1.54) is 19.3 Å². The first-order valence-corrected chi connectivity index (χ1v) is 4.75. The number of carboxylic acid groups (broad SMARTS) is 1. The van der Waals surface area contributed by atoms with E-state index in [1.807, 2.05) is 0 Å². The number of hydrogen-bond donors (Lipinski definition) is 1. The molecule has 0 bridgehead atoms. The standard InChI is InChI=1S/C11H11NO5/c1-17-9-6-2-4-8(10(9)11(13)14)5-3-7-12(15)16/h2-4,6-7H,5H2,1H3,(H,13,14)/b7-3+. The Morgan fingerprint density at radius 1 is 1.59 bits per heavy atom. The van der Waals surface area contributed by atoms with Crippen molar-refractivity contribution in [2.75, 3.05) is 7.11 Å². The van der Waals surface area contributed by atoms with Crippen LogP contribution < -0.4 is 4.74 Å². The Kier molecular flexibility index (Phi) is 4.21. The fourth-order valence-corrected chi connectivity index (χ4v) is 1.43. The molecule has 0 saturated heterocycles. The molecule has 17 heavy (non-hydrogen) atoms. The van der Waals surface area contributed by atoms with Gasteiger partial charge in [0.15, 0.2) is 0 Å². The van der Waals surface area contributed by atoms with Crippen LogP contribution in [0.15, 0.2) is 30.5 Å². The van der Waals surface area contributed by atoms with Crippen LogP contribution in [-0.4, -0.2) is 23.1 Å². The van der Waals surface area contributed by atoms with Crippen LogP contribution in [0.1, 0.15) is 15.9 Å². The van der Waals surface area contributed by atoms with Gasteiger partial charge in [0.2, 0.25) is 6.20 Å². The maximum Gasteiger partial charge on any atom is 0.339 e. The van der Waals surface area contributed by atoms with Crippen LogP contribution in [0.3, 0.4) is 0 Å². The number of rotatable bonds is 5. The van der Waals surface area contributed by atoms with E-state index in [0.717, 1.165) is 6.20 Å². The first kappa shape index (κ1) is 12.7. The summed E-state index contributed by atoms with van der Waals surface area (Å²) in [4.78, 5) is 20.6. The number of ether oxygens (including phenoxy) is 1. The minimum atomic E-state index is -1.12. The summed E-state index contributed by atoms with van der Waals surface area (Å²) in [6.45, 7) is 0. The Morgan fingerprint density at radius 3 is 2.82 bits per heavy atom. The van der Waals surface area contributed by atoms with Crippen LogP contribution in [-0.2, 0) is 6.42 Å². The van der Waals surface area contributed by atoms with Gasteiger partial charge in [-0.15, -0.1) is 0 Å². The van der Waals surface area contributed by atoms with Crippen LogP contribution in [0.5, 0.6) is 5.75 Å². The second-order valence-electron chi connectivity index (χ2n) is 3.17. The maximum atomic E-state index is 11.1. The highest BCUT2D eigenvalue weighted by Crippen LogP contribution is 2.22. The number of hydrogen-bond acceptors (Lipinski definition) is 4. The zero-order valence-corrected chi connectivity index (χ0v) is 9.12. The molecule has 0 aliphatic carbocycles. The van der Waals surface area contributed by atoms with Crippen LogP contribution in [0.4, 0.5) is 0 Å². The molecule has 0 aliphatic heterocycles. The topological polar surface area (TPSA) is 89.7 Å². The van der Waals surface area contributed by atoms with Crippen molar-refractivity contribution in [2.24, 2.45) is 0 Å². The highest BCUT2D eigenvalue weighted by atomic mass is 16.6. The van der Waals surface area contributed by atoms with Gasteiger partial charge in [-0.05, 0) is 24.1 Å². The number of allylic oxidation sites excluding steroid dienone is 1. The molecule has 0 fully saturated rings. The molecule has 0 aliphatic rings. The van der Waals surface area contributed by atoms with Gasteiger partial charge in [0.1, 0.15) is 11.3 Å². The van der Waals surface area contributed by atoms with Crippen molar-refractivity contribution < 1.29 is 19.6 Å². The van der Waals surface area contributed by atoms with Crippen LogP contribution in [0, 0.1) is 10.1 Å². The zero-order chi connectivity index (χ0) is 12.8. The quantitative estimate of drug-likeness (QED) is 0.622. The van der Waals surface area contributed by atoms with Crippen LogP contribution >= 0.6 is 0 Å². The van der Waals surface area contributed by atoms with Gasteiger partial charge in [0.25, 0.3) is 0 Å². The fourth-order valence-electron chi connectivity index (χ4n) is 1.43. The summed E-state index contributed by atoms with van der Waals surface area (Å²) in [5, 5.41) is 19.2. The number of nitro groups is 1. The van der Waals surface area contributed by atoms with E-state index in [4.69, 9.17) is 9.84 Å². The lowest BCUT2D eigenvalue weighted by molar-refractivity contribution is -0.402. The Bertz CT molecular complexity index is 467. The van der Waals surface area contributed by atoms with Gasteiger partial charge in [0.05, 0.1) is 12.0 Å². The average Bonchev–Trinajstić information content (AvgIpc) is 2.27. The summed E-state index contributed by atoms with van der Waals surface area (Å²) in [6.07, 6.45) is 2.24. The van der Waals surface area contributed by atoms with Gasteiger partial charge in [-0.2, -0.15) is 0 Å². The number of carboxylic acids is 1. The molecule has 0 amide bonds. The lowest BCUT2D eigenvalue weighted by Gasteiger charge is -2.08. The Hall–Kier alpha value is -2.37. The summed E-state index contributed by atoms with van der Waals surface area (Å²) >= 11 is 0. The second-order valence-corrected chi connectivity index (χ2v) is 3.17. The molecule has 1 aromatic rings. The van der Waals surface area contributed by atoms with E-state index in [2.05, 4.69) is 0 Å². The van der Waals surface area contributed by atoms with Gasteiger partial charge in [-0.25, -0.2) is 4.79 Å². The monoisotopic (exact) mass is 237 g/mol. The predicted octanol–water partition coefficient (Wildman–Crippen LogP) is 1.73. The number of carbonyl (C=O) groups is 1. The molecule has 0 radical (unpaired) electrons. The van der Waals surface area contributed by atoms with E-state index in [-0.39, 0.29) is 17.7 Å². The van der Waals surface area contributed by atoms with Gasteiger partial charge in [-0.1, -0.05) is 12.1 Å². The molecule has 1 N–H and O–H groups in total. The Labute approximate surface area is 97.3 Å². The molecule has 1 aromatic carbocycles. The summed E-state index contributed by atoms with van der Waals surface area (Å²) < 4.78 is 4.94. The SMILES string of the molecule is COc1cccc(C/C=C/[N+](=O)[O-])c1C(=O)O. The largest absolute Gasteiger partial charge is 0.496 e. The summed E-state index contributed by atoms with van der Waals surface area (Å²) in [7, 11) is 1.37. The normalized spacial score (nSPS) is 10.4. The molecule has 90 valence electrons. The molecule has 0 atom stereocenters. The minimum Gasteiger partial charge on any atom is -0.496 e. The Morgan fingerprint density at radius 2 is 2.29 bits per heavy atom. The van der Waals surface area contributed by atoms with Gasteiger partial charge in [-0.3, -0.25) is 10.1 Å². The van der Waals surface area contributed by atoms with Crippen molar-refractivity contribution in [2.45, 2.75) is 6.42 Å². The lowest BCUT2D eigenvalue weighted by Crippen LogP contribution is -2.05. The molecule has 0 heterocycles. The third-order valence-corrected chi connectivity index (χ3v) is 2.11.